The third-order valence-corrected chi connectivity index (χ3v) is 8.50. The van der Waals surface area contributed by atoms with E-state index >= 15 is 0 Å². The number of aliphatic hydroxyl groups excluding tert-OH is 5. The highest BCUT2D eigenvalue weighted by Gasteiger charge is 2.39. The van der Waals surface area contributed by atoms with E-state index in [0.29, 0.717) is 36.8 Å². The lowest BCUT2D eigenvalue weighted by Crippen LogP contribution is -2.56. The molecule has 1 aromatic rings. The smallest absolute Gasteiger partial charge is 0.396 e. The zero-order valence-corrected chi connectivity index (χ0v) is 23.9. The minimum absolute atomic E-state index is 0.107. The second-order valence-corrected chi connectivity index (χ2v) is 11.7. The number of likely N-dealkylation sites (tertiary alicyclic amines) is 1. The van der Waals surface area contributed by atoms with E-state index in [1.54, 1.807) is 20.1 Å². The van der Waals surface area contributed by atoms with Gasteiger partial charge in [0.25, 0.3) is 0 Å². The van der Waals surface area contributed by atoms with Crippen LogP contribution in [0.15, 0.2) is 13.6 Å². The lowest BCUT2D eigenvalue weighted by molar-refractivity contribution is -0.130. The van der Waals surface area contributed by atoms with Crippen molar-refractivity contribution < 1.29 is 39.2 Å². The van der Waals surface area contributed by atoms with E-state index in [-0.39, 0.29) is 25.0 Å². The maximum Gasteiger partial charge on any atom is 0.519 e. The summed E-state index contributed by atoms with van der Waals surface area (Å²) in [6, 6.07) is -1.07. The lowest BCUT2D eigenvalue weighted by Gasteiger charge is -2.37. The predicted octanol–water partition coefficient (Wildman–Crippen LogP) is 0.825. The molecule has 0 bridgehead atoms. The van der Waals surface area contributed by atoms with Gasteiger partial charge in [0.2, 0.25) is 5.91 Å². The van der Waals surface area contributed by atoms with Crippen LogP contribution in [0, 0.1) is 24.7 Å². The molecule has 1 aliphatic rings. The van der Waals surface area contributed by atoms with Crippen molar-refractivity contribution in [2.75, 3.05) is 19.4 Å². The molecule has 0 radical (unpaired) electrons. The first kappa shape index (κ1) is 32.8. The van der Waals surface area contributed by atoms with Crippen LogP contribution >= 0.6 is 11.8 Å². The number of rotatable bonds is 14. The molecule has 0 spiro atoms. The maximum atomic E-state index is 13.7. The van der Waals surface area contributed by atoms with Gasteiger partial charge in [-0.3, -0.25) is 9.69 Å². The molecule has 11 nitrogen and oxygen atoms in total. The second kappa shape index (κ2) is 15.4. The van der Waals surface area contributed by atoms with E-state index in [9.17, 15) is 35.1 Å². The van der Waals surface area contributed by atoms with Crippen LogP contribution in [0.25, 0.3) is 0 Å². The van der Waals surface area contributed by atoms with Gasteiger partial charge < -0.3 is 39.7 Å². The SMILES string of the molecule is CS[C@@H](O)[C@H](O)[C@@H](O)[C@@H](O)[C@H](C)[C@H](NC(=O)[C@@H]1CC[C@H](CCCO)CCN1Cc1oc(=O)oc1C)C(C)C. The first-order valence-electron chi connectivity index (χ1n) is 13.4. The Morgan fingerprint density at radius 1 is 1.08 bits per heavy atom. The van der Waals surface area contributed by atoms with Crippen molar-refractivity contribution >= 4 is 17.7 Å². The molecule has 0 aliphatic carbocycles. The van der Waals surface area contributed by atoms with Crippen molar-refractivity contribution in [1.29, 1.82) is 0 Å². The third-order valence-electron chi connectivity index (χ3n) is 7.73. The molecular weight excluding hydrogens is 516 g/mol. The summed E-state index contributed by atoms with van der Waals surface area (Å²) in [5.41, 5.74) is -1.26. The van der Waals surface area contributed by atoms with Crippen LogP contribution < -0.4 is 11.1 Å². The van der Waals surface area contributed by atoms with Crippen LogP contribution in [0.5, 0.6) is 0 Å². The summed E-state index contributed by atoms with van der Waals surface area (Å²) >= 11 is 0.956. The van der Waals surface area contributed by atoms with Crippen molar-refractivity contribution in [3.05, 3.63) is 22.1 Å². The summed E-state index contributed by atoms with van der Waals surface area (Å²) in [6.07, 6.45) is 0.782. The normalized spacial score (nSPS) is 23.9. The minimum atomic E-state index is -1.60. The molecule has 0 unspecified atom stereocenters. The van der Waals surface area contributed by atoms with Gasteiger partial charge >= 0.3 is 5.82 Å². The minimum Gasteiger partial charge on any atom is -0.396 e. The van der Waals surface area contributed by atoms with Gasteiger partial charge in [0.1, 0.15) is 23.4 Å². The number of thioether (sulfide) groups is 1. The predicted molar refractivity (Wildman–Crippen MR) is 143 cm³/mol. The number of aryl methyl sites for hydroxylation is 1. The fourth-order valence-corrected chi connectivity index (χ4v) is 5.72. The summed E-state index contributed by atoms with van der Waals surface area (Å²) < 4.78 is 10.2. The number of hydrogen-bond acceptors (Lipinski definition) is 11. The quantitative estimate of drug-likeness (QED) is 0.177. The van der Waals surface area contributed by atoms with Gasteiger partial charge in [0, 0.05) is 18.6 Å². The highest BCUT2D eigenvalue weighted by molar-refractivity contribution is 7.99. The van der Waals surface area contributed by atoms with Crippen LogP contribution in [0.4, 0.5) is 0 Å². The van der Waals surface area contributed by atoms with Gasteiger partial charge in [0.05, 0.1) is 18.7 Å². The molecule has 2 heterocycles. The molecule has 1 amide bonds. The summed E-state index contributed by atoms with van der Waals surface area (Å²) in [7, 11) is 0. The highest BCUT2D eigenvalue weighted by Crippen LogP contribution is 2.28. The number of nitrogens with one attached hydrogen (secondary N) is 1. The van der Waals surface area contributed by atoms with Crippen molar-refractivity contribution in [2.24, 2.45) is 17.8 Å². The lowest BCUT2D eigenvalue weighted by atomic mass is 9.84. The molecule has 8 atom stereocenters. The van der Waals surface area contributed by atoms with E-state index in [4.69, 9.17) is 8.83 Å². The van der Waals surface area contributed by atoms with E-state index in [0.717, 1.165) is 31.0 Å². The van der Waals surface area contributed by atoms with Gasteiger partial charge in [0.15, 0.2) is 5.76 Å². The van der Waals surface area contributed by atoms with E-state index in [1.807, 2.05) is 18.7 Å². The topological polar surface area (TPSA) is 177 Å². The molecule has 2 rings (SSSR count). The molecule has 1 aliphatic heterocycles. The zero-order chi connectivity index (χ0) is 28.6. The molecule has 12 heteroatoms. The van der Waals surface area contributed by atoms with Crippen LogP contribution in [-0.2, 0) is 11.3 Å². The van der Waals surface area contributed by atoms with Crippen LogP contribution in [0.1, 0.15) is 64.4 Å². The Morgan fingerprint density at radius 3 is 2.32 bits per heavy atom. The van der Waals surface area contributed by atoms with Crippen LogP contribution in [-0.4, -0.2) is 91.6 Å². The Bertz CT molecular complexity index is 908. The van der Waals surface area contributed by atoms with Gasteiger partial charge in [-0.1, -0.05) is 20.8 Å². The zero-order valence-electron chi connectivity index (χ0n) is 23.1. The summed E-state index contributed by atoms with van der Waals surface area (Å²) in [5, 5.41) is 53.7. The average molecular weight is 563 g/mol. The average Bonchev–Trinajstić information content (AvgIpc) is 3.07. The monoisotopic (exact) mass is 562 g/mol. The maximum absolute atomic E-state index is 13.7. The molecule has 0 aromatic carbocycles. The van der Waals surface area contributed by atoms with Gasteiger partial charge in [-0.2, -0.15) is 0 Å². The Kier molecular flexibility index (Phi) is 13.3. The van der Waals surface area contributed by atoms with Crippen molar-refractivity contribution in [2.45, 2.75) is 102 Å². The van der Waals surface area contributed by atoms with Gasteiger partial charge in [-0.05, 0) is 63.7 Å². The Balaban J connectivity index is 2.23. The molecule has 38 heavy (non-hydrogen) atoms. The Labute approximate surface area is 228 Å². The summed E-state index contributed by atoms with van der Waals surface area (Å²) in [5.74, 6) is -0.687. The van der Waals surface area contributed by atoms with Crippen molar-refractivity contribution in [1.82, 2.24) is 10.2 Å². The number of carbonyl (C=O) groups is 1. The number of hydrogen-bond donors (Lipinski definition) is 6. The fourth-order valence-electron chi connectivity index (χ4n) is 5.28. The molecule has 1 fully saturated rings. The number of aliphatic hydroxyl groups is 5. The number of carbonyl (C=O) groups excluding carboxylic acids is 1. The van der Waals surface area contributed by atoms with Crippen molar-refractivity contribution in [3.63, 3.8) is 0 Å². The first-order chi connectivity index (χ1) is 17.9. The molecule has 6 N–H and O–H groups in total. The molecule has 1 aromatic heterocycles. The molecule has 0 saturated carbocycles. The standard InChI is InChI=1S/C26H46N2O9S/c1-14(2)20(15(3)21(30)22(31)23(32)25(34)38-5)27-24(33)18-9-8-17(7-6-12-29)10-11-28(18)13-19-16(4)36-26(35)37-19/h14-15,17-18,20-23,25,29-32,34H,6-13H2,1-5H3,(H,27,33)/t15-,17+,18+,20-,21+,22+,23-,25-/m1/s1. The largest absolute Gasteiger partial charge is 0.519 e. The molecule has 1 saturated heterocycles. The second-order valence-electron chi connectivity index (χ2n) is 10.8. The van der Waals surface area contributed by atoms with Crippen LogP contribution in [0.2, 0.25) is 0 Å². The summed E-state index contributed by atoms with van der Waals surface area (Å²) in [6.45, 7) is 8.06. The molecule has 220 valence electrons. The van der Waals surface area contributed by atoms with Gasteiger partial charge in [-0.15, -0.1) is 11.8 Å². The fraction of sp³-hybridized carbons (Fsp3) is 0.846. The number of nitrogens with zero attached hydrogens (tertiary/aromatic N) is 1. The Morgan fingerprint density at radius 2 is 1.76 bits per heavy atom. The summed E-state index contributed by atoms with van der Waals surface area (Å²) in [4.78, 5) is 27.3. The van der Waals surface area contributed by atoms with E-state index < -0.39 is 47.6 Å². The first-order valence-corrected chi connectivity index (χ1v) is 14.7. The van der Waals surface area contributed by atoms with E-state index in [2.05, 4.69) is 5.32 Å². The van der Waals surface area contributed by atoms with Crippen LogP contribution in [0.3, 0.4) is 0 Å². The Hall–Kier alpha value is -1.41. The molecular formula is C26H46N2O9S. The number of amides is 1. The third kappa shape index (κ3) is 8.80. The van der Waals surface area contributed by atoms with Gasteiger partial charge in [-0.25, -0.2) is 4.79 Å². The van der Waals surface area contributed by atoms with E-state index in [1.165, 1.54) is 0 Å². The van der Waals surface area contributed by atoms with Crippen molar-refractivity contribution in [3.8, 4) is 0 Å². The highest BCUT2D eigenvalue weighted by atomic mass is 32.2.